The fourth-order valence-corrected chi connectivity index (χ4v) is 2.92. The predicted octanol–water partition coefficient (Wildman–Crippen LogP) is 3.71. The van der Waals surface area contributed by atoms with E-state index in [0.717, 1.165) is 24.2 Å². The normalized spacial score (nSPS) is 14.3. The van der Waals surface area contributed by atoms with E-state index in [2.05, 4.69) is 37.3 Å². The van der Waals surface area contributed by atoms with Gasteiger partial charge in [0.2, 0.25) is 0 Å². The number of aliphatic hydroxyl groups excluding tert-OH is 1. The van der Waals surface area contributed by atoms with Crippen molar-refractivity contribution in [2.45, 2.75) is 38.8 Å². The van der Waals surface area contributed by atoms with E-state index in [1.165, 1.54) is 5.69 Å². The number of anilines is 1. The third kappa shape index (κ3) is 3.92. The molecule has 0 aliphatic heterocycles. The molecule has 0 aromatic heterocycles. The van der Waals surface area contributed by atoms with Gasteiger partial charge in [0.1, 0.15) is 0 Å². The van der Waals surface area contributed by atoms with Crippen molar-refractivity contribution in [3.8, 4) is 0 Å². The smallest absolute Gasteiger partial charge is 0.0787 e. The first-order valence-corrected chi connectivity index (χ1v) is 8.03. The first-order chi connectivity index (χ1) is 8.63. The molecule has 0 saturated heterocycles. The summed E-state index contributed by atoms with van der Waals surface area (Å²) in [7, 11) is 2.15. The number of thioether (sulfide) groups is 1. The minimum absolute atomic E-state index is 0.336. The largest absolute Gasteiger partial charge is 0.388 e. The van der Waals surface area contributed by atoms with Crippen LogP contribution in [-0.4, -0.2) is 30.2 Å². The van der Waals surface area contributed by atoms with Crippen LogP contribution in [-0.2, 0) is 0 Å². The van der Waals surface area contributed by atoms with E-state index >= 15 is 0 Å². The van der Waals surface area contributed by atoms with Crippen molar-refractivity contribution in [2.24, 2.45) is 0 Å². The molecule has 1 unspecified atom stereocenters. The van der Waals surface area contributed by atoms with Crippen molar-refractivity contribution in [1.29, 1.82) is 0 Å². The van der Waals surface area contributed by atoms with E-state index in [9.17, 15) is 5.11 Å². The SMILES string of the molecule is CCC(CSC)N(C)c1ccc([C@@H](O)CC)cc1. The van der Waals surface area contributed by atoms with Crippen LogP contribution in [0.2, 0.25) is 0 Å². The molecule has 0 bridgehead atoms. The highest BCUT2D eigenvalue weighted by Crippen LogP contribution is 2.23. The number of hydrogen-bond donors (Lipinski definition) is 1. The minimum Gasteiger partial charge on any atom is -0.388 e. The van der Waals surface area contributed by atoms with Gasteiger partial charge in [-0.1, -0.05) is 26.0 Å². The zero-order valence-corrected chi connectivity index (χ0v) is 12.7. The summed E-state index contributed by atoms with van der Waals surface area (Å²) in [5.74, 6) is 1.15. The molecular weight excluding hydrogens is 242 g/mol. The molecular formula is C15H25NOS. The van der Waals surface area contributed by atoms with E-state index in [1.54, 1.807) is 0 Å². The molecule has 0 heterocycles. The second-order valence-electron chi connectivity index (χ2n) is 4.64. The molecule has 1 aromatic rings. The highest BCUT2D eigenvalue weighted by atomic mass is 32.2. The van der Waals surface area contributed by atoms with Gasteiger partial charge in [-0.3, -0.25) is 0 Å². The minimum atomic E-state index is -0.336. The van der Waals surface area contributed by atoms with Crippen molar-refractivity contribution in [3.05, 3.63) is 29.8 Å². The third-order valence-corrected chi connectivity index (χ3v) is 4.17. The van der Waals surface area contributed by atoms with E-state index in [1.807, 2.05) is 30.8 Å². The highest BCUT2D eigenvalue weighted by molar-refractivity contribution is 7.98. The van der Waals surface area contributed by atoms with Crippen LogP contribution in [0.1, 0.15) is 38.4 Å². The van der Waals surface area contributed by atoms with E-state index in [0.29, 0.717) is 6.04 Å². The van der Waals surface area contributed by atoms with Crippen LogP contribution in [0.25, 0.3) is 0 Å². The maximum absolute atomic E-state index is 9.78. The van der Waals surface area contributed by atoms with Crippen LogP contribution in [0.3, 0.4) is 0 Å². The van der Waals surface area contributed by atoms with Gasteiger partial charge >= 0.3 is 0 Å². The van der Waals surface area contributed by atoms with E-state index < -0.39 is 0 Å². The molecule has 0 aliphatic rings. The van der Waals surface area contributed by atoms with Crippen molar-refractivity contribution in [2.75, 3.05) is 24.0 Å². The van der Waals surface area contributed by atoms with E-state index in [-0.39, 0.29) is 6.10 Å². The first kappa shape index (κ1) is 15.4. The van der Waals surface area contributed by atoms with Crippen molar-refractivity contribution in [3.63, 3.8) is 0 Å². The molecule has 102 valence electrons. The summed E-state index contributed by atoms with van der Waals surface area (Å²) in [5, 5.41) is 9.78. The zero-order valence-electron chi connectivity index (χ0n) is 11.9. The number of hydrogen-bond acceptors (Lipinski definition) is 3. The molecule has 1 N–H and O–H groups in total. The zero-order chi connectivity index (χ0) is 13.5. The summed E-state index contributed by atoms with van der Waals surface area (Å²) >= 11 is 1.89. The fraction of sp³-hybridized carbons (Fsp3) is 0.600. The van der Waals surface area contributed by atoms with Crippen molar-refractivity contribution < 1.29 is 5.11 Å². The monoisotopic (exact) mass is 267 g/mol. The highest BCUT2D eigenvalue weighted by Gasteiger charge is 2.13. The summed E-state index contributed by atoms with van der Waals surface area (Å²) in [6, 6.07) is 8.85. The first-order valence-electron chi connectivity index (χ1n) is 6.63. The van der Waals surface area contributed by atoms with Gasteiger partial charge in [-0.2, -0.15) is 11.8 Å². The summed E-state index contributed by atoms with van der Waals surface area (Å²) in [4.78, 5) is 2.33. The molecule has 0 aliphatic carbocycles. The van der Waals surface area contributed by atoms with Gasteiger partial charge in [0, 0.05) is 24.5 Å². The fourth-order valence-electron chi connectivity index (χ4n) is 2.07. The van der Waals surface area contributed by atoms with Crippen LogP contribution in [0, 0.1) is 0 Å². The molecule has 0 fully saturated rings. The Hall–Kier alpha value is -0.670. The average molecular weight is 267 g/mol. The maximum atomic E-state index is 9.78. The van der Waals surface area contributed by atoms with E-state index in [4.69, 9.17) is 0 Å². The Morgan fingerprint density at radius 3 is 2.22 bits per heavy atom. The molecule has 0 amide bonds. The van der Waals surface area contributed by atoms with Crippen LogP contribution in [0.4, 0.5) is 5.69 Å². The summed E-state index contributed by atoms with van der Waals surface area (Å²) in [6.45, 7) is 4.23. The van der Waals surface area contributed by atoms with Gasteiger partial charge in [0.05, 0.1) is 6.10 Å². The second kappa shape index (κ2) is 7.70. The quantitative estimate of drug-likeness (QED) is 0.814. The Labute approximate surface area is 115 Å². The topological polar surface area (TPSA) is 23.5 Å². The van der Waals surface area contributed by atoms with Gasteiger partial charge in [-0.05, 0) is 36.8 Å². The molecule has 2 atom stereocenters. The second-order valence-corrected chi connectivity index (χ2v) is 5.55. The van der Waals surface area contributed by atoms with Gasteiger partial charge in [-0.25, -0.2) is 0 Å². The third-order valence-electron chi connectivity index (χ3n) is 3.45. The lowest BCUT2D eigenvalue weighted by atomic mass is 10.1. The molecule has 2 nitrogen and oxygen atoms in total. The molecule has 1 rings (SSSR count). The molecule has 1 aromatic carbocycles. The van der Waals surface area contributed by atoms with Crippen molar-refractivity contribution in [1.82, 2.24) is 0 Å². The Morgan fingerprint density at radius 2 is 1.78 bits per heavy atom. The van der Waals surface area contributed by atoms with Crippen molar-refractivity contribution >= 4 is 17.4 Å². The maximum Gasteiger partial charge on any atom is 0.0787 e. The Bertz CT molecular complexity index is 339. The molecule has 0 saturated carbocycles. The molecule has 18 heavy (non-hydrogen) atoms. The Kier molecular flexibility index (Phi) is 6.58. The Morgan fingerprint density at radius 1 is 1.17 bits per heavy atom. The summed E-state index contributed by atoms with van der Waals surface area (Å²) < 4.78 is 0. The number of benzene rings is 1. The lowest BCUT2D eigenvalue weighted by Crippen LogP contribution is -2.33. The lowest BCUT2D eigenvalue weighted by Gasteiger charge is -2.29. The van der Waals surface area contributed by atoms with Crippen LogP contribution in [0.15, 0.2) is 24.3 Å². The summed E-state index contributed by atoms with van der Waals surface area (Å²) in [6.07, 6.45) is 3.73. The van der Waals surface area contributed by atoms with Gasteiger partial charge in [-0.15, -0.1) is 0 Å². The molecule has 3 heteroatoms. The lowest BCUT2D eigenvalue weighted by molar-refractivity contribution is 0.173. The standard InChI is InChI=1S/C15H25NOS/c1-5-13(11-18-4)16(3)14-9-7-12(8-10-14)15(17)6-2/h7-10,13,15,17H,5-6,11H2,1-4H3/t13?,15-/m0/s1. The molecule has 0 radical (unpaired) electrons. The predicted molar refractivity (Wildman–Crippen MR) is 82.6 cm³/mol. The van der Waals surface area contributed by atoms with Crippen LogP contribution < -0.4 is 4.90 Å². The number of rotatable bonds is 7. The number of aliphatic hydroxyl groups is 1. The van der Waals surface area contributed by atoms with Crippen LogP contribution >= 0.6 is 11.8 Å². The van der Waals surface area contributed by atoms with Gasteiger partial charge in [0.25, 0.3) is 0 Å². The number of nitrogens with zero attached hydrogens (tertiary/aromatic N) is 1. The van der Waals surface area contributed by atoms with Crippen LogP contribution in [0.5, 0.6) is 0 Å². The molecule has 0 spiro atoms. The Balaban J connectivity index is 2.77. The average Bonchev–Trinajstić information content (AvgIpc) is 2.43. The van der Waals surface area contributed by atoms with Gasteiger partial charge in [0.15, 0.2) is 0 Å². The van der Waals surface area contributed by atoms with Gasteiger partial charge < -0.3 is 10.0 Å². The summed E-state index contributed by atoms with van der Waals surface area (Å²) in [5.41, 5.74) is 2.23.